The van der Waals surface area contributed by atoms with Crippen LogP contribution in [0, 0.1) is 10.1 Å². The molecule has 2 aromatic carbocycles. The third kappa shape index (κ3) is 2.49. The molecule has 2 heterocycles. The van der Waals surface area contributed by atoms with Crippen molar-refractivity contribution in [1.82, 2.24) is 15.0 Å². The van der Waals surface area contributed by atoms with Gasteiger partial charge >= 0.3 is 0 Å². The molecule has 0 bridgehead atoms. The number of nitro benzene ring substituents is 1. The fraction of sp³-hybridized carbons (Fsp3) is 0.0588. The van der Waals surface area contributed by atoms with E-state index in [0.717, 1.165) is 21.9 Å². The molecule has 124 valence electrons. The minimum atomic E-state index is -0.455. The van der Waals surface area contributed by atoms with Crippen molar-refractivity contribution in [1.29, 1.82) is 0 Å². The van der Waals surface area contributed by atoms with Gasteiger partial charge in [-0.25, -0.2) is 9.97 Å². The molecule has 0 saturated heterocycles. The molecule has 0 aliphatic heterocycles. The number of H-pyrrole nitrogens is 1. The van der Waals surface area contributed by atoms with Gasteiger partial charge in [0.1, 0.15) is 23.1 Å². The number of fused-ring (bicyclic) bond motifs is 3. The SMILES string of the molecule is COc1ccc([N+](=O)[O-])cc1Nc1ncnc2c1[nH]c1ccccc12. The molecule has 8 nitrogen and oxygen atoms in total. The van der Waals surface area contributed by atoms with E-state index in [4.69, 9.17) is 4.74 Å². The zero-order valence-electron chi connectivity index (χ0n) is 13.2. The van der Waals surface area contributed by atoms with Gasteiger partial charge in [-0.05, 0) is 12.1 Å². The first kappa shape index (κ1) is 14.9. The smallest absolute Gasteiger partial charge is 0.271 e. The number of aromatic amines is 1. The summed E-state index contributed by atoms with van der Waals surface area (Å²) in [6, 6.07) is 12.1. The Kier molecular flexibility index (Phi) is 3.42. The number of non-ortho nitro benzene ring substituents is 1. The first-order chi connectivity index (χ1) is 12.2. The van der Waals surface area contributed by atoms with Crippen LogP contribution in [0.3, 0.4) is 0 Å². The molecule has 0 unspecified atom stereocenters. The highest BCUT2D eigenvalue weighted by Gasteiger charge is 2.15. The highest BCUT2D eigenvalue weighted by molar-refractivity contribution is 6.08. The fourth-order valence-corrected chi connectivity index (χ4v) is 2.77. The molecule has 0 saturated carbocycles. The van der Waals surface area contributed by atoms with Crippen LogP contribution >= 0.6 is 0 Å². The lowest BCUT2D eigenvalue weighted by Crippen LogP contribution is -1.99. The van der Waals surface area contributed by atoms with E-state index < -0.39 is 4.92 Å². The average molecular weight is 335 g/mol. The number of benzene rings is 2. The number of methoxy groups -OCH3 is 1. The minimum absolute atomic E-state index is 0.0368. The lowest BCUT2D eigenvalue weighted by atomic mass is 10.2. The van der Waals surface area contributed by atoms with E-state index in [1.54, 1.807) is 6.07 Å². The van der Waals surface area contributed by atoms with Crippen molar-refractivity contribution in [3.63, 3.8) is 0 Å². The zero-order chi connectivity index (χ0) is 17.4. The predicted molar refractivity (Wildman–Crippen MR) is 94.3 cm³/mol. The zero-order valence-corrected chi connectivity index (χ0v) is 13.2. The number of nitro groups is 1. The topological polar surface area (TPSA) is 106 Å². The van der Waals surface area contributed by atoms with Crippen LogP contribution < -0.4 is 10.1 Å². The van der Waals surface area contributed by atoms with Gasteiger partial charge in [-0.2, -0.15) is 0 Å². The van der Waals surface area contributed by atoms with Gasteiger partial charge in [0.05, 0.1) is 17.7 Å². The summed E-state index contributed by atoms with van der Waals surface area (Å²) < 4.78 is 5.28. The number of anilines is 2. The average Bonchev–Trinajstić information content (AvgIpc) is 3.01. The first-order valence-corrected chi connectivity index (χ1v) is 7.48. The van der Waals surface area contributed by atoms with E-state index >= 15 is 0 Å². The van der Waals surface area contributed by atoms with Crippen molar-refractivity contribution in [3.05, 3.63) is 58.9 Å². The highest BCUT2D eigenvalue weighted by Crippen LogP contribution is 2.34. The Hall–Kier alpha value is -3.68. The van der Waals surface area contributed by atoms with E-state index in [1.165, 1.54) is 25.6 Å². The normalized spacial score (nSPS) is 10.9. The van der Waals surface area contributed by atoms with Crippen LogP contribution in [-0.4, -0.2) is 27.0 Å². The molecule has 0 atom stereocenters. The summed E-state index contributed by atoms with van der Waals surface area (Å²) >= 11 is 0. The van der Waals surface area contributed by atoms with Crippen molar-refractivity contribution in [3.8, 4) is 5.75 Å². The summed E-state index contributed by atoms with van der Waals surface area (Å²) in [7, 11) is 1.50. The number of nitrogens with zero attached hydrogens (tertiary/aromatic N) is 3. The number of ether oxygens (including phenoxy) is 1. The summed E-state index contributed by atoms with van der Waals surface area (Å²) in [5.41, 5.74) is 2.85. The Balaban J connectivity index is 1.86. The Bertz CT molecular complexity index is 1110. The van der Waals surface area contributed by atoms with Crippen molar-refractivity contribution >= 4 is 39.1 Å². The van der Waals surface area contributed by atoms with Crippen LogP contribution in [0.4, 0.5) is 17.2 Å². The van der Waals surface area contributed by atoms with Gasteiger partial charge in [-0.15, -0.1) is 0 Å². The number of hydrogen-bond donors (Lipinski definition) is 2. The third-order valence-electron chi connectivity index (χ3n) is 3.94. The molecule has 8 heteroatoms. The molecule has 2 aromatic heterocycles. The Labute approximate surface area is 141 Å². The lowest BCUT2D eigenvalue weighted by Gasteiger charge is -2.10. The number of aromatic nitrogens is 3. The second-order valence-electron chi connectivity index (χ2n) is 5.38. The molecule has 0 aliphatic carbocycles. The van der Waals surface area contributed by atoms with Crippen molar-refractivity contribution < 1.29 is 9.66 Å². The maximum atomic E-state index is 11.0. The first-order valence-electron chi connectivity index (χ1n) is 7.48. The van der Waals surface area contributed by atoms with Crippen molar-refractivity contribution in [2.75, 3.05) is 12.4 Å². The summed E-state index contributed by atoms with van der Waals surface area (Å²) in [6.45, 7) is 0. The van der Waals surface area contributed by atoms with Crippen LogP contribution in [0.2, 0.25) is 0 Å². The van der Waals surface area contributed by atoms with E-state index in [0.29, 0.717) is 17.3 Å². The van der Waals surface area contributed by atoms with E-state index in [-0.39, 0.29) is 5.69 Å². The van der Waals surface area contributed by atoms with Gasteiger partial charge in [0.2, 0.25) is 0 Å². The molecular formula is C17H13N5O3. The predicted octanol–water partition coefficient (Wildman–Crippen LogP) is 3.77. The largest absolute Gasteiger partial charge is 0.495 e. The maximum absolute atomic E-state index is 11.0. The van der Waals surface area contributed by atoms with Crippen LogP contribution in [-0.2, 0) is 0 Å². The molecular weight excluding hydrogens is 322 g/mol. The van der Waals surface area contributed by atoms with Gasteiger partial charge in [0, 0.05) is 23.0 Å². The maximum Gasteiger partial charge on any atom is 0.271 e. The second-order valence-corrected chi connectivity index (χ2v) is 5.38. The summed E-state index contributed by atoms with van der Waals surface area (Å²) in [6.07, 6.45) is 1.45. The number of hydrogen-bond acceptors (Lipinski definition) is 6. The Morgan fingerprint density at radius 1 is 1.20 bits per heavy atom. The quantitative estimate of drug-likeness (QED) is 0.434. The number of nitrogens with one attached hydrogen (secondary N) is 2. The molecule has 0 aliphatic rings. The molecule has 4 aromatic rings. The van der Waals surface area contributed by atoms with Crippen LogP contribution in [0.25, 0.3) is 21.9 Å². The molecule has 25 heavy (non-hydrogen) atoms. The van der Waals surface area contributed by atoms with Gasteiger partial charge in [0.25, 0.3) is 5.69 Å². The van der Waals surface area contributed by atoms with Crippen LogP contribution in [0.15, 0.2) is 48.8 Å². The second kappa shape index (κ2) is 5.75. The van der Waals surface area contributed by atoms with Crippen LogP contribution in [0.5, 0.6) is 5.75 Å². The summed E-state index contributed by atoms with van der Waals surface area (Å²) in [4.78, 5) is 22.5. The Morgan fingerprint density at radius 2 is 2.04 bits per heavy atom. The summed E-state index contributed by atoms with van der Waals surface area (Å²) in [5.74, 6) is 0.994. The minimum Gasteiger partial charge on any atom is -0.495 e. The van der Waals surface area contributed by atoms with Crippen LogP contribution in [0.1, 0.15) is 0 Å². The highest BCUT2D eigenvalue weighted by atomic mass is 16.6. The number of rotatable bonds is 4. The molecule has 2 N–H and O–H groups in total. The van der Waals surface area contributed by atoms with E-state index in [9.17, 15) is 10.1 Å². The molecule has 0 fully saturated rings. The molecule has 4 rings (SSSR count). The van der Waals surface area contributed by atoms with Gasteiger partial charge in [-0.1, -0.05) is 18.2 Å². The van der Waals surface area contributed by atoms with Crippen molar-refractivity contribution in [2.24, 2.45) is 0 Å². The van der Waals surface area contributed by atoms with Gasteiger partial charge in [-0.3, -0.25) is 10.1 Å². The fourth-order valence-electron chi connectivity index (χ4n) is 2.77. The lowest BCUT2D eigenvalue weighted by molar-refractivity contribution is -0.384. The van der Waals surface area contributed by atoms with E-state index in [2.05, 4.69) is 20.3 Å². The Morgan fingerprint density at radius 3 is 2.84 bits per heavy atom. The third-order valence-corrected chi connectivity index (χ3v) is 3.94. The monoisotopic (exact) mass is 335 g/mol. The molecule has 0 amide bonds. The van der Waals surface area contributed by atoms with Gasteiger partial charge in [0.15, 0.2) is 5.82 Å². The van der Waals surface area contributed by atoms with Gasteiger partial charge < -0.3 is 15.0 Å². The molecule has 0 radical (unpaired) electrons. The summed E-state index contributed by atoms with van der Waals surface area (Å²) in [5, 5.41) is 15.1. The molecule has 0 spiro atoms. The number of para-hydroxylation sites is 1. The van der Waals surface area contributed by atoms with E-state index in [1.807, 2.05) is 24.3 Å². The van der Waals surface area contributed by atoms with Crippen molar-refractivity contribution in [2.45, 2.75) is 0 Å². The standard InChI is InChI=1S/C17H13N5O3/c1-25-14-7-6-10(22(23)24)8-13(14)21-17-16-15(18-9-19-17)11-4-2-3-5-12(11)20-16/h2-9,20H,1H3,(H,18,19,21).